The highest BCUT2D eigenvalue weighted by Gasteiger charge is 2.34. The number of nitrogens with one attached hydrogen (secondary N) is 2. The molecule has 1 aromatic carbocycles. The van der Waals surface area contributed by atoms with Crippen LogP contribution in [-0.4, -0.2) is 45.0 Å². The maximum atomic E-state index is 13.9. The topological polar surface area (TPSA) is 97.2 Å². The number of nitrogens with zero attached hydrogens (tertiary/aromatic N) is 5. The van der Waals surface area contributed by atoms with E-state index in [9.17, 15) is 13.6 Å². The van der Waals surface area contributed by atoms with Crippen molar-refractivity contribution in [2.45, 2.75) is 46.2 Å². The van der Waals surface area contributed by atoms with Crippen LogP contribution in [0.5, 0.6) is 0 Å². The molecule has 3 heterocycles. The summed E-state index contributed by atoms with van der Waals surface area (Å²) in [5.74, 6) is -0.589. The Bertz CT molecular complexity index is 1160. The van der Waals surface area contributed by atoms with Crippen LogP contribution < -0.4 is 15.5 Å². The van der Waals surface area contributed by atoms with Gasteiger partial charge in [0.15, 0.2) is 5.82 Å². The second-order valence-electron chi connectivity index (χ2n) is 8.07. The highest BCUT2D eigenvalue weighted by atomic mass is 19.1. The van der Waals surface area contributed by atoms with Gasteiger partial charge in [0.25, 0.3) is 5.91 Å². The average Bonchev–Trinajstić information content (AvgIpc) is 3.21. The summed E-state index contributed by atoms with van der Waals surface area (Å²) < 4.78 is 35.0. The van der Waals surface area contributed by atoms with Gasteiger partial charge in [0.1, 0.15) is 17.3 Å². The van der Waals surface area contributed by atoms with Gasteiger partial charge in [0, 0.05) is 30.9 Å². The van der Waals surface area contributed by atoms with Crippen LogP contribution in [0.1, 0.15) is 30.7 Å². The molecular formula is C22H25F2N7O2. The first-order valence-electron chi connectivity index (χ1n) is 10.5. The fraction of sp³-hybridized carbons (Fsp3) is 0.364. The van der Waals surface area contributed by atoms with E-state index < -0.39 is 17.9 Å². The number of hydrogen-bond acceptors (Lipinski definition) is 7. The fourth-order valence-electron chi connectivity index (χ4n) is 3.53. The summed E-state index contributed by atoms with van der Waals surface area (Å²) in [5, 5.41) is 10.1. The Morgan fingerprint density at radius 3 is 2.67 bits per heavy atom. The first-order valence-corrected chi connectivity index (χ1v) is 10.5. The highest BCUT2D eigenvalue weighted by molar-refractivity contribution is 6.02. The second-order valence-corrected chi connectivity index (χ2v) is 8.07. The molecule has 1 aliphatic heterocycles. The summed E-state index contributed by atoms with van der Waals surface area (Å²) >= 11 is 0. The van der Waals surface area contributed by atoms with Crippen molar-refractivity contribution in [1.82, 2.24) is 19.7 Å². The minimum Gasteiger partial charge on any atom is -0.350 e. The number of aromatic nitrogens is 4. The van der Waals surface area contributed by atoms with Gasteiger partial charge in [-0.1, -0.05) is 6.07 Å². The molecule has 0 fully saturated rings. The number of carbonyl (C=O) groups is 1. The quantitative estimate of drug-likeness (QED) is 0.563. The number of anilines is 3. The lowest BCUT2D eigenvalue weighted by Crippen LogP contribution is -2.49. The van der Waals surface area contributed by atoms with Crippen molar-refractivity contribution in [2.24, 2.45) is 0 Å². The molecule has 11 heteroatoms. The summed E-state index contributed by atoms with van der Waals surface area (Å²) in [7, 11) is 1.74. The largest absolute Gasteiger partial charge is 0.350 e. The minimum absolute atomic E-state index is 0.0192. The van der Waals surface area contributed by atoms with Gasteiger partial charge in [-0.2, -0.15) is 10.1 Å². The molecule has 0 spiro atoms. The van der Waals surface area contributed by atoms with Crippen molar-refractivity contribution in [2.75, 3.05) is 22.6 Å². The first-order chi connectivity index (χ1) is 15.7. The summed E-state index contributed by atoms with van der Waals surface area (Å²) in [6.07, 6.45) is 2.37. The Hall–Kier alpha value is -3.60. The predicted molar refractivity (Wildman–Crippen MR) is 119 cm³/mol. The zero-order valence-corrected chi connectivity index (χ0v) is 18.8. The molecule has 0 radical (unpaired) electrons. The van der Waals surface area contributed by atoms with Gasteiger partial charge < -0.3 is 20.3 Å². The molecule has 1 aliphatic rings. The van der Waals surface area contributed by atoms with Gasteiger partial charge in [-0.3, -0.25) is 9.48 Å². The number of hydrogen-bond donors (Lipinski definition) is 2. The number of fused-ring (bicyclic) bond motifs is 1. The fourth-order valence-corrected chi connectivity index (χ4v) is 3.53. The van der Waals surface area contributed by atoms with E-state index in [1.165, 1.54) is 22.9 Å². The van der Waals surface area contributed by atoms with Crippen LogP contribution in [0.2, 0.25) is 0 Å². The van der Waals surface area contributed by atoms with E-state index >= 15 is 0 Å². The van der Waals surface area contributed by atoms with Crippen molar-refractivity contribution < 1.29 is 18.3 Å². The van der Waals surface area contributed by atoms with Gasteiger partial charge in [-0.25, -0.2) is 13.8 Å². The zero-order valence-electron chi connectivity index (χ0n) is 18.8. The Kier molecular flexibility index (Phi) is 6.23. The van der Waals surface area contributed by atoms with E-state index in [4.69, 9.17) is 4.74 Å². The summed E-state index contributed by atoms with van der Waals surface area (Å²) in [4.78, 5) is 23.1. The standard InChI is InChI=1S/C22H25F2N7O2/c1-12(2)33-21-20(32)28-18-13(3)27-22(29-19(18)30(21)4)25-8-14-9-26-31(10-14)11-15-16(23)6-5-7-17(15)24/h5-7,9-10,12,21H,8,11H2,1-4H3,(H,28,32)(H,25,27,29). The van der Waals surface area contributed by atoms with Crippen LogP contribution in [0.25, 0.3) is 0 Å². The molecule has 174 valence electrons. The molecule has 4 rings (SSSR count). The number of amides is 1. The number of rotatable bonds is 7. The van der Waals surface area contributed by atoms with Gasteiger partial charge in [0.2, 0.25) is 12.2 Å². The second kappa shape index (κ2) is 9.10. The smallest absolute Gasteiger partial charge is 0.274 e. The van der Waals surface area contributed by atoms with Crippen molar-refractivity contribution in [3.8, 4) is 0 Å². The number of carbonyl (C=O) groups excluding carboxylic acids is 1. The van der Waals surface area contributed by atoms with E-state index in [-0.39, 0.29) is 24.1 Å². The molecular weight excluding hydrogens is 432 g/mol. The minimum atomic E-state index is -0.795. The summed E-state index contributed by atoms with van der Waals surface area (Å²) in [6, 6.07) is 3.76. The lowest BCUT2D eigenvalue weighted by Gasteiger charge is -2.35. The number of ether oxygens (including phenoxy) is 1. The monoisotopic (exact) mass is 457 g/mol. The lowest BCUT2D eigenvalue weighted by atomic mass is 10.2. The van der Waals surface area contributed by atoms with E-state index in [0.29, 0.717) is 29.7 Å². The number of halogens is 2. The van der Waals surface area contributed by atoms with E-state index in [0.717, 1.165) is 5.56 Å². The molecule has 0 saturated heterocycles. The highest BCUT2D eigenvalue weighted by Crippen LogP contribution is 2.32. The van der Waals surface area contributed by atoms with Gasteiger partial charge >= 0.3 is 0 Å². The van der Waals surface area contributed by atoms with Crippen LogP contribution in [0.15, 0.2) is 30.6 Å². The van der Waals surface area contributed by atoms with Crippen molar-refractivity contribution in [3.05, 3.63) is 59.0 Å². The number of aryl methyl sites for hydroxylation is 1. The third-order valence-corrected chi connectivity index (χ3v) is 5.15. The maximum absolute atomic E-state index is 13.9. The van der Waals surface area contributed by atoms with Crippen molar-refractivity contribution >= 4 is 23.4 Å². The molecule has 0 bridgehead atoms. The predicted octanol–water partition coefficient (Wildman–Crippen LogP) is 3.06. The van der Waals surface area contributed by atoms with Gasteiger partial charge in [0.05, 0.1) is 24.5 Å². The Balaban J connectivity index is 1.47. The van der Waals surface area contributed by atoms with Gasteiger partial charge in [-0.05, 0) is 32.9 Å². The molecule has 33 heavy (non-hydrogen) atoms. The van der Waals surface area contributed by atoms with Crippen molar-refractivity contribution in [1.29, 1.82) is 0 Å². The third kappa shape index (κ3) is 4.77. The van der Waals surface area contributed by atoms with Crippen LogP contribution in [-0.2, 0) is 22.6 Å². The summed E-state index contributed by atoms with van der Waals surface area (Å²) in [6.45, 7) is 5.82. The normalized spacial score (nSPS) is 15.5. The maximum Gasteiger partial charge on any atom is 0.274 e. The Morgan fingerprint density at radius 1 is 1.24 bits per heavy atom. The molecule has 1 unspecified atom stereocenters. The summed E-state index contributed by atoms with van der Waals surface area (Å²) in [5.41, 5.74) is 1.89. The zero-order chi connectivity index (χ0) is 23.7. The molecule has 2 N–H and O–H groups in total. The SMILES string of the molecule is Cc1nc(NCc2cnn(Cc3c(F)cccc3F)c2)nc2c1NC(=O)C(OC(C)C)N2C. The molecule has 9 nitrogen and oxygen atoms in total. The van der Waals surface area contributed by atoms with E-state index in [1.54, 1.807) is 31.3 Å². The molecule has 0 aliphatic carbocycles. The van der Waals surface area contributed by atoms with E-state index in [1.807, 2.05) is 13.8 Å². The van der Waals surface area contributed by atoms with Crippen LogP contribution in [0.4, 0.5) is 26.2 Å². The Labute approximate surface area is 189 Å². The third-order valence-electron chi connectivity index (χ3n) is 5.15. The molecule has 3 aromatic rings. The average molecular weight is 457 g/mol. The number of likely N-dealkylation sites (N-methyl/N-ethyl adjacent to an activating group) is 1. The lowest BCUT2D eigenvalue weighted by molar-refractivity contribution is -0.130. The van der Waals surface area contributed by atoms with Crippen LogP contribution in [0.3, 0.4) is 0 Å². The van der Waals surface area contributed by atoms with Crippen molar-refractivity contribution in [3.63, 3.8) is 0 Å². The first kappa shape index (κ1) is 22.6. The molecule has 1 atom stereocenters. The van der Waals surface area contributed by atoms with Crippen LogP contribution in [0, 0.1) is 18.6 Å². The van der Waals surface area contributed by atoms with E-state index in [2.05, 4.69) is 25.7 Å². The Morgan fingerprint density at radius 2 is 1.97 bits per heavy atom. The molecule has 1 amide bonds. The van der Waals surface area contributed by atoms with Gasteiger partial charge in [-0.15, -0.1) is 0 Å². The van der Waals surface area contributed by atoms with Crippen LogP contribution >= 0.6 is 0 Å². The number of benzene rings is 1. The molecule has 2 aromatic heterocycles. The molecule has 0 saturated carbocycles.